The van der Waals surface area contributed by atoms with Crippen molar-refractivity contribution in [3.63, 3.8) is 0 Å². The van der Waals surface area contributed by atoms with Crippen LogP contribution in [0.15, 0.2) is 40.4 Å². The number of amides is 1. The van der Waals surface area contributed by atoms with Gasteiger partial charge in [0.25, 0.3) is 5.91 Å². The molecule has 0 aliphatic heterocycles. The highest BCUT2D eigenvalue weighted by Crippen LogP contribution is 2.26. The van der Waals surface area contributed by atoms with Gasteiger partial charge >= 0.3 is 0 Å². The molecular weight excluding hydrogens is 357 g/mol. The van der Waals surface area contributed by atoms with Crippen LogP contribution in [-0.4, -0.2) is 37.4 Å². The predicted molar refractivity (Wildman–Crippen MR) is 93.3 cm³/mol. The van der Waals surface area contributed by atoms with Crippen molar-refractivity contribution in [2.24, 2.45) is 0 Å². The molecule has 0 N–H and O–H groups in total. The van der Waals surface area contributed by atoms with Gasteiger partial charge in [-0.2, -0.15) is 4.98 Å². The zero-order valence-electron chi connectivity index (χ0n) is 14.0. The molecular formula is C17H14FN5O2S. The van der Waals surface area contributed by atoms with E-state index in [4.69, 9.17) is 4.52 Å². The van der Waals surface area contributed by atoms with Crippen LogP contribution in [0, 0.1) is 12.7 Å². The van der Waals surface area contributed by atoms with Crippen LogP contribution in [0.4, 0.5) is 4.39 Å². The zero-order valence-corrected chi connectivity index (χ0v) is 14.8. The maximum absolute atomic E-state index is 14.0. The van der Waals surface area contributed by atoms with Crippen LogP contribution in [0.2, 0.25) is 0 Å². The van der Waals surface area contributed by atoms with Gasteiger partial charge in [-0.05, 0) is 19.1 Å². The van der Waals surface area contributed by atoms with Crippen molar-refractivity contribution in [3.8, 4) is 11.3 Å². The number of thiazole rings is 1. The molecule has 0 aliphatic rings. The number of benzene rings is 1. The van der Waals surface area contributed by atoms with E-state index in [0.717, 1.165) is 0 Å². The second-order valence-electron chi connectivity index (χ2n) is 5.78. The molecule has 1 amide bonds. The van der Waals surface area contributed by atoms with Crippen LogP contribution in [-0.2, 0) is 6.54 Å². The topological polar surface area (TPSA) is 76.5 Å². The number of aromatic nitrogens is 4. The average molecular weight is 371 g/mol. The maximum atomic E-state index is 14.0. The van der Waals surface area contributed by atoms with Gasteiger partial charge in [-0.3, -0.25) is 9.20 Å². The van der Waals surface area contributed by atoms with Crippen molar-refractivity contribution in [2.45, 2.75) is 13.5 Å². The third kappa shape index (κ3) is 2.86. The smallest absolute Gasteiger partial charge is 0.271 e. The number of hydrogen-bond acceptors (Lipinski definition) is 6. The van der Waals surface area contributed by atoms with Crippen LogP contribution in [0.1, 0.15) is 22.2 Å². The number of aryl methyl sites for hydroxylation is 1. The first-order valence-electron chi connectivity index (χ1n) is 7.79. The van der Waals surface area contributed by atoms with Crippen LogP contribution in [0.3, 0.4) is 0 Å². The van der Waals surface area contributed by atoms with Crippen molar-refractivity contribution in [1.29, 1.82) is 0 Å². The summed E-state index contributed by atoms with van der Waals surface area (Å²) in [6.07, 6.45) is 1.67. The first-order chi connectivity index (χ1) is 12.5. The fraction of sp³-hybridized carbons (Fsp3) is 0.176. The molecule has 4 aromatic rings. The lowest BCUT2D eigenvalue weighted by Crippen LogP contribution is -2.27. The first-order valence-corrected chi connectivity index (χ1v) is 8.67. The SMILES string of the molecule is Cc1noc(CN(C)C(=O)c2csc3nc(-c4ccccc4F)cn23)n1. The molecule has 0 radical (unpaired) electrons. The quantitative estimate of drug-likeness (QED) is 0.551. The molecule has 1 aromatic carbocycles. The molecule has 9 heteroatoms. The molecule has 7 nitrogen and oxygen atoms in total. The molecule has 0 saturated heterocycles. The van der Waals surface area contributed by atoms with Gasteiger partial charge in [0, 0.05) is 24.2 Å². The van der Waals surface area contributed by atoms with Crippen molar-refractivity contribution in [1.82, 2.24) is 24.4 Å². The summed E-state index contributed by atoms with van der Waals surface area (Å²) < 4.78 is 20.7. The molecule has 0 fully saturated rings. The summed E-state index contributed by atoms with van der Waals surface area (Å²) in [6.45, 7) is 1.92. The van der Waals surface area contributed by atoms with Gasteiger partial charge in [0.15, 0.2) is 10.8 Å². The molecule has 3 heterocycles. The number of carbonyl (C=O) groups excluding carboxylic acids is 1. The number of rotatable bonds is 4. The third-order valence-electron chi connectivity index (χ3n) is 3.87. The number of imidazole rings is 1. The molecule has 0 saturated carbocycles. The van der Waals surface area contributed by atoms with Crippen LogP contribution in [0.5, 0.6) is 0 Å². The lowest BCUT2D eigenvalue weighted by Gasteiger charge is -2.13. The van der Waals surface area contributed by atoms with E-state index in [9.17, 15) is 9.18 Å². The molecule has 0 spiro atoms. The Morgan fingerprint density at radius 3 is 2.88 bits per heavy atom. The fourth-order valence-corrected chi connectivity index (χ4v) is 3.46. The summed E-state index contributed by atoms with van der Waals surface area (Å²) in [4.78, 5) is 23.4. The van der Waals surface area contributed by atoms with Gasteiger partial charge in [-0.15, -0.1) is 11.3 Å². The summed E-state index contributed by atoms with van der Waals surface area (Å²) >= 11 is 1.32. The summed E-state index contributed by atoms with van der Waals surface area (Å²) in [7, 11) is 1.65. The Bertz CT molecular complexity index is 1100. The van der Waals surface area contributed by atoms with Crippen LogP contribution in [0.25, 0.3) is 16.2 Å². The van der Waals surface area contributed by atoms with Gasteiger partial charge in [0.1, 0.15) is 18.1 Å². The van der Waals surface area contributed by atoms with Crippen molar-refractivity contribution in [3.05, 3.63) is 59.1 Å². The minimum atomic E-state index is -0.352. The zero-order chi connectivity index (χ0) is 18.3. The number of hydrogen-bond donors (Lipinski definition) is 0. The molecule has 4 rings (SSSR count). The Labute approximate surface area is 151 Å². The Balaban J connectivity index is 1.64. The maximum Gasteiger partial charge on any atom is 0.271 e. The number of nitrogens with zero attached hydrogens (tertiary/aromatic N) is 5. The number of halogens is 1. The summed E-state index contributed by atoms with van der Waals surface area (Å²) in [6, 6.07) is 6.42. The number of carbonyl (C=O) groups is 1. The molecule has 132 valence electrons. The van der Waals surface area contributed by atoms with Gasteiger partial charge in [-0.25, -0.2) is 9.37 Å². The van der Waals surface area contributed by atoms with Crippen LogP contribution < -0.4 is 0 Å². The summed E-state index contributed by atoms with van der Waals surface area (Å²) in [5, 5.41) is 5.44. The highest BCUT2D eigenvalue weighted by Gasteiger charge is 2.20. The largest absolute Gasteiger partial charge is 0.337 e. The lowest BCUT2D eigenvalue weighted by atomic mass is 10.1. The van der Waals surface area contributed by atoms with E-state index < -0.39 is 0 Å². The van der Waals surface area contributed by atoms with E-state index >= 15 is 0 Å². The lowest BCUT2D eigenvalue weighted by molar-refractivity contribution is 0.0763. The van der Waals surface area contributed by atoms with Gasteiger partial charge in [-0.1, -0.05) is 17.3 Å². The van der Waals surface area contributed by atoms with Crippen molar-refractivity contribution >= 4 is 22.2 Å². The second kappa shape index (κ2) is 6.34. The second-order valence-corrected chi connectivity index (χ2v) is 6.61. The molecule has 3 aromatic heterocycles. The molecule has 0 atom stereocenters. The van der Waals surface area contributed by atoms with Crippen molar-refractivity contribution in [2.75, 3.05) is 7.05 Å². The van der Waals surface area contributed by atoms with E-state index in [1.54, 1.807) is 48.1 Å². The minimum Gasteiger partial charge on any atom is -0.337 e. The Hall–Kier alpha value is -3.07. The normalized spacial score (nSPS) is 11.2. The van der Waals surface area contributed by atoms with E-state index in [2.05, 4.69) is 15.1 Å². The standard InChI is InChI=1S/C17H14FN5O2S/c1-10-19-15(25-21-10)8-22(2)16(24)14-9-26-17-20-13(7-23(14)17)11-5-3-4-6-12(11)18/h3-7,9H,8H2,1-2H3. The third-order valence-corrected chi connectivity index (χ3v) is 4.71. The highest BCUT2D eigenvalue weighted by atomic mass is 32.1. The average Bonchev–Trinajstić information content (AvgIpc) is 3.30. The van der Waals surface area contributed by atoms with E-state index in [1.165, 1.54) is 22.3 Å². The summed E-state index contributed by atoms with van der Waals surface area (Å²) in [5.74, 6) is 0.310. The number of fused-ring (bicyclic) bond motifs is 1. The molecule has 0 bridgehead atoms. The van der Waals surface area contributed by atoms with E-state index in [-0.39, 0.29) is 18.3 Å². The van der Waals surface area contributed by atoms with Gasteiger partial charge in [0.05, 0.1) is 5.69 Å². The van der Waals surface area contributed by atoms with Gasteiger partial charge in [0.2, 0.25) is 5.89 Å². The first kappa shape index (κ1) is 16.4. The molecule has 0 unspecified atom stereocenters. The molecule has 0 aliphatic carbocycles. The van der Waals surface area contributed by atoms with Crippen molar-refractivity contribution < 1.29 is 13.7 Å². The predicted octanol–water partition coefficient (Wildman–Crippen LogP) is 3.17. The van der Waals surface area contributed by atoms with E-state index in [1.807, 2.05) is 0 Å². The summed E-state index contributed by atoms with van der Waals surface area (Å²) in [5.41, 5.74) is 1.33. The minimum absolute atomic E-state index is 0.200. The monoisotopic (exact) mass is 371 g/mol. The Morgan fingerprint density at radius 1 is 1.35 bits per heavy atom. The highest BCUT2D eigenvalue weighted by molar-refractivity contribution is 7.15. The van der Waals surface area contributed by atoms with Gasteiger partial charge < -0.3 is 9.42 Å². The Kier molecular flexibility index (Phi) is 4.00. The fourth-order valence-electron chi connectivity index (χ4n) is 2.61. The Morgan fingerprint density at radius 2 is 2.15 bits per heavy atom. The molecule has 26 heavy (non-hydrogen) atoms. The van der Waals surface area contributed by atoms with E-state index in [0.29, 0.717) is 33.6 Å². The van der Waals surface area contributed by atoms with Crippen LogP contribution >= 0.6 is 11.3 Å².